The van der Waals surface area contributed by atoms with Gasteiger partial charge in [0.1, 0.15) is 5.83 Å². The Morgan fingerprint density at radius 3 is 2.55 bits per heavy atom. The zero-order valence-corrected chi connectivity index (χ0v) is 11.4. The fourth-order valence-electron chi connectivity index (χ4n) is 3.14. The fourth-order valence-corrected chi connectivity index (χ4v) is 3.14. The average Bonchev–Trinajstić information content (AvgIpc) is 2.46. The maximum atomic E-state index is 14.7. The predicted molar refractivity (Wildman–Crippen MR) is 72.2 cm³/mol. The zero-order valence-electron chi connectivity index (χ0n) is 11.4. The van der Waals surface area contributed by atoms with Gasteiger partial charge in [-0.3, -0.25) is 4.39 Å². The van der Waals surface area contributed by atoms with E-state index in [0.717, 1.165) is 12.2 Å². The molecule has 0 amide bonds. The summed E-state index contributed by atoms with van der Waals surface area (Å²) in [5, 5.41) is 0. The van der Waals surface area contributed by atoms with Gasteiger partial charge in [-0.05, 0) is 50.2 Å². The molecule has 20 heavy (non-hydrogen) atoms. The second-order valence-electron chi connectivity index (χ2n) is 5.59. The third-order valence-corrected chi connectivity index (χ3v) is 4.34. The maximum Gasteiger partial charge on any atom is 0.199 e. The molecule has 0 aliphatic heterocycles. The Bertz CT molecular complexity index is 405. The van der Waals surface area contributed by atoms with Crippen LogP contribution in [0.4, 0.5) is 17.6 Å². The van der Waals surface area contributed by atoms with Crippen LogP contribution in [0.15, 0.2) is 36.2 Å². The van der Waals surface area contributed by atoms with E-state index in [4.69, 9.17) is 0 Å². The number of alkyl halides is 3. The van der Waals surface area contributed by atoms with Crippen LogP contribution < -0.4 is 0 Å². The molecule has 2 aliphatic rings. The van der Waals surface area contributed by atoms with Crippen molar-refractivity contribution < 1.29 is 17.6 Å². The van der Waals surface area contributed by atoms with E-state index < -0.39 is 23.6 Å². The third-order valence-electron chi connectivity index (χ3n) is 4.34. The molecule has 2 unspecified atom stereocenters. The van der Waals surface area contributed by atoms with Crippen molar-refractivity contribution in [2.45, 2.75) is 43.9 Å². The molecule has 2 aliphatic carbocycles. The zero-order chi connectivity index (χ0) is 14.6. The van der Waals surface area contributed by atoms with E-state index in [1.807, 2.05) is 6.08 Å². The van der Waals surface area contributed by atoms with Crippen molar-refractivity contribution in [1.29, 1.82) is 0 Å². The van der Waals surface area contributed by atoms with E-state index in [1.54, 1.807) is 6.08 Å². The topological polar surface area (TPSA) is 0 Å². The summed E-state index contributed by atoms with van der Waals surface area (Å²) >= 11 is 0. The minimum atomic E-state index is -2.50. The Kier molecular flexibility index (Phi) is 5.06. The van der Waals surface area contributed by atoms with E-state index in [2.05, 4.69) is 0 Å². The van der Waals surface area contributed by atoms with Gasteiger partial charge in [0.05, 0.1) is 6.67 Å². The Balaban J connectivity index is 1.96. The van der Waals surface area contributed by atoms with Gasteiger partial charge in [0.2, 0.25) is 0 Å². The van der Waals surface area contributed by atoms with E-state index in [0.29, 0.717) is 32.1 Å². The van der Waals surface area contributed by atoms with Gasteiger partial charge in [0, 0.05) is 5.92 Å². The van der Waals surface area contributed by atoms with Crippen molar-refractivity contribution in [3.05, 3.63) is 36.2 Å². The normalized spacial score (nSPS) is 38.2. The molecule has 1 fully saturated rings. The standard InChI is InChI=1S/C16H20F4/c17-11-2-1-4-12-7-9-13(10-8-12)16(20)14(18)5-3-6-15(16)19/h1,3-6,12-14H,2,7-11H2. The highest BCUT2D eigenvalue weighted by Gasteiger charge is 2.51. The van der Waals surface area contributed by atoms with Crippen LogP contribution in [-0.2, 0) is 0 Å². The molecule has 0 aromatic heterocycles. The first-order valence-corrected chi connectivity index (χ1v) is 7.19. The van der Waals surface area contributed by atoms with Crippen LogP contribution in [0.25, 0.3) is 0 Å². The highest BCUT2D eigenvalue weighted by molar-refractivity contribution is 5.29. The molecule has 0 spiro atoms. The highest BCUT2D eigenvalue weighted by Crippen LogP contribution is 2.46. The van der Waals surface area contributed by atoms with Gasteiger partial charge >= 0.3 is 0 Å². The van der Waals surface area contributed by atoms with Crippen molar-refractivity contribution in [3.8, 4) is 0 Å². The van der Waals surface area contributed by atoms with E-state index in [1.165, 1.54) is 6.08 Å². The second kappa shape index (κ2) is 6.59. The molecule has 0 nitrogen and oxygen atoms in total. The smallest absolute Gasteiger partial charge is 0.199 e. The summed E-state index contributed by atoms with van der Waals surface area (Å²) in [5.41, 5.74) is -2.50. The van der Waals surface area contributed by atoms with Gasteiger partial charge in [-0.15, -0.1) is 0 Å². The Morgan fingerprint density at radius 2 is 1.95 bits per heavy atom. The Labute approximate surface area is 117 Å². The molecular weight excluding hydrogens is 268 g/mol. The summed E-state index contributed by atoms with van der Waals surface area (Å²) in [7, 11) is 0. The van der Waals surface area contributed by atoms with Crippen molar-refractivity contribution in [2.24, 2.45) is 11.8 Å². The van der Waals surface area contributed by atoms with Crippen LogP contribution in [0, 0.1) is 11.8 Å². The fraction of sp³-hybridized carbons (Fsp3) is 0.625. The van der Waals surface area contributed by atoms with Crippen molar-refractivity contribution >= 4 is 0 Å². The second-order valence-corrected chi connectivity index (χ2v) is 5.59. The van der Waals surface area contributed by atoms with Crippen molar-refractivity contribution in [3.63, 3.8) is 0 Å². The molecule has 0 heterocycles. The van der Waals surface area contributed by atoms with Crippen molar-refractivity contribution in [2.75, 3.05) is 6.67 Å². The number of hydrogen-bond acceptors (Lipinski definition) is 0. The molecule has 2 rings (SSSR count). The van der Waals surface area contributed by atoms with Gasteiger partial charge < -0.3 is 0 Å². The van der Waals surface area contributed by atoms with Crippen LogP contribution in [-0.4, -0.2) is 18.5 Å². The first-order chi connectivity index (χ1) is 9.59. The quantitative estimate of drug-likeness (QED) is 0.494. The average molecular weight is 288 g/mol. The summed E-state index contributed by atoms with van der Waals surface area (Å²) in [4.78, 5) is 0. The minimum Gasteiger partial charge on any atom is -0.251 e. The molecular formula is C16H20F4. The summed E-state index contributed by atoms with van der Waals surface area (Å²) in [6, 6.07) is 0. The van der Waals surface area contributed by atoms with Crippen LogP contribution >= 0.6 is 0 Å². The number of halogens is 4. The predicted octanol–water partition coefficient (Wildman–Crippen LogP) is 5.18. The first-order valence-electron chi connectivity index (χ1n) is 7.19. The highest BCUT2D eigenvalue weighted by atomic mass is 19.2. The monoisotopic (exact) mass is 288 g/mol. The lowest BCUT2D eigenvalue weighted by molar-refractivity contribution is 0.00755. The van der Waals surface area contributed by atoms with Gasteiger partial charge in [-0.1, -0.05) is 18.2 Å². The van der Waals surface area contributed by atoms with Gasteiger partial charge in [-0.25, -0.2) is 13.2 Å². The molecule has 0 aromatic rings. The molecule has 112 valence electrons. The molecule has 0 N–H and O–H groups in total. The van der Waals surface area contributed by atoms with E-state index in [-0.39, 0.29) is 12.6 Å². The molecule has 0 bridgehead atoms. The van der Waals surface area contributed by atoms with E-state index in [9.17, 15) is 17.6 Å². The summed E-state index contributed by atoms with van der Waals surface area (Å²) in [6.45, 7) is -0.384. The van der Waals surface area contributed by atoms with Gasteiger partial charge in [0.15, 0.2) is 11.8 Å². The molecule has 2 atom stereocenters. The molecule has 0 aromatic carbocycles. The summed E-state index contributed by atoms with van der Waals surface area (Å²) in [6.07, 6.45) is 7.85. The van der Waals surface area contributed by atoms with Gasteiger partial charge in [-0.2, -0.15) is 0 Å². The summed E-state index contributed by atoms with van der Waals surface area (Å²) in [5.74, 6) is -1.35. The van der Waals surface area contributed by atoms with Crippen LogP contribution in [0.2, 0.25) is 0 Å². The first kappa shape index (κ1) is 15.3. The third kappa shape index (κ3) is 2.99. The largest absolute Gasteiger partial charge is 0.251 e. The maximum absolute atomic E-state index is 14.7. The van der Waals surface area contributed by atoms with Crippen LogP contribution in [0.3, 0.4) is 0 Å². The Morgan fingerprint density at radius 1 is 1.25 bits per heavy atom. The van der Waals surface area contributed by atoms with Crippen molar-refractivity contribution in [1.82, 2.24) is 0 Å². The molecule has 0 saturated heterocycles. The number of allylic oxidation sites excluding steroid dienone is 6. The SMILES string of the molecule is FCCC=CC1CCC(C2(F)C(F)=CC=CC2F)CC1. The Hall–Kier alpha value is -1.06. The van der Waals surface area contributed by atoms with E-state index >= 15 is 0 Å². The molecule has 1 saturated carbocycles. The lowest BCUT2D eigenvalue weighted by Gasteiger charge is -2.39. The van der Waals surface area contributed by atoms with Crippen LogP contribution in [0.1, 0.15) is 32.1 Å². The summed E-state index contributed by atoms with van der Waals surface area (Å²) < 4.78 is 54.3. The molecule has 4 heteroatoms. The lowest BCUT2D eigenvalue weighted by atomic mass is 9.71. The van der Waals surface area contributed by atoms with Gasteiger partial charge in [0.25, 0.3) is 0 Å². The number of rotatable bonds is 4. The number of hydrogen-bond donors (Lipinski definition) is 0. The van der Waals surface area contributed by atoms with Crippen LogP contribution in [0.5, 0.6) is 0 Å². The molecule has 0 radical (unpaired) electrons. The minimum absolute atomic E-state index is 0.269. The lowest BCUT2D eigenvalue weighted by Crippen LogP contribution is -2.45.